The van der Waals surface area contributed by atoms with Crippen molar-refractivity contribution in [2.24, 2.45) is 0 Å². The highest BCUT2D eigenvalue weighted by atomic mass is 15.1. The van der Waals surface area contributed by atoms with Gasteiger partial charge in [0.15, 0.2) is 0 Å². The number of nitrogens with zero attached hydrogens (tertiary/aromatic N) is 1. The molecule has 0 aliphatic carbocycles. The van der Waals surface area contributed by atoms with Crippen LogP contribution in [-0.2, 0) is 6.54 Å². The average molecular weight is 347 g/mol. The summed E-state index contributed by atoms with van der Waals surface area (Å²) in [5, 5.41) is 2.62. The van der Waals surface area contributed by atoms with Crippen molar-refractivity contribution < 1.29 is 0 Å². The van der Waals surface area contributed by atoms with E-state index in [1.54, 1.807) is 0 Å². The standard InChI is InChI=1S/C26H21N/c1-2-9-20(10-3-1)18-27-19-23(17-22-12-5-7-16-26(22)27)25-15-8-13-21-11-4-6-14-24(21)25/h1-17H,18-19H2. The van der Waals surface area contributed by atoms with Crippen molar-refractivity contribution in [3.63, 3.8) is 0 Å². The molecule has 1 nitrogen and oxygen atoms in total. The Morgan fingerprint density at radius 2 is 1.41 bits per heavy atom. The van der Waals surface area contributed by atoms with Crippen LogP contribution >= 0.6 is 0 Å². The van der Waals surface area contributed by atoms with Gasteiger partial charge in [-0.2, -0.15) is 0 Å². The van der Waals surface area contributed by atoms with Gasteiger partial charge in [-0.05, 0) is 45.2 Å². The van der Waals surface area contributed by atoms with Gasteiger partial charge in [-0.25, -0.2) is 0 Å². The Hall–Kier alpha value is -3.32. The summed E-state index contributed by atoms with van der Waals surface area (Å²) in [5.41, 5.74) is 6.65. The number of hydrogen-bond donors (Lipinski definition) is 0. The number of rotatable bonds is 3. The summed E-state index contributed by atoms with van der Waals surface area (Å²) in [6.45, 7) is 1.83. The first kappa shape index (κ1) is 15.9. The highest BCUT2D eigenvalue weighted by molar-refractivity contribution is 6.01. The molecule has 0 radical (unpaired) electrons. The molecule has 0 bridgehead atoms. The van der Waals surface area contributed by atoms with E-state index < -0.39 is 0 Å². The summed E-state index contributed by atoms with van der Waals surface area (Å²) in [5.74, 6) is 0. The third kappa shape index (κ3) is 3.02. The maximum absolute atomic E-state index is 2.49. The van der Waals surface area contributed by atoms with Crippen molar-refractivity contribution in [1.29, 1.82) is 0 Å². The molecule has 130 valence electrons. The Bertz CT molecular complexity index is 1120. The van der Waals surface area contributed by atoms with E-state index in [1.807, 2.05) is 0 Å². The lowest BCUT2D eigenvalue weighted by atomic mass is 9.93. The third-order valence-electron chi connectivity index (χ3n) is 5.32. The van der Waals surface area contributed by atoms with Crippen molar-refractivity contribution in [3.8, 4) is 0 Å². The van der Waals surface area contributed by atoms with Crippen LogP contribution in [0.25, 0.3) is 22.4 Å². The monoisotopic (exact) mass is 347 g/mol. The molecule has 0 aromatic heterocycles. The minimum absolute atomic E-state index is 0.917. The summed E-state index contributed by atoms with van der Waals surface area (Å²) in [4.78, 5) is 2.49. The number of para-hydroxylation sites is 1. The van der Waals surface area contributed by atoms with Crippen LogP contribution in [-0.4, -0.2) is 6.54 Å². The maximum Gasteiger partial charge on any atom is 0.0445 e. The van der Waals surface area contributed by atoms with Gasteiger partial charge in [0.05, 0.1) is 0 Å². The second-order valence-corrected chi connectivity index (χ2v) is 7.10. The van der Waals surface area contributed by atoms with Crippen molar-refractivity contribution in [2.75, 3.05) is 11.4 Å². The largest absolute Gasteiger partial charge is 0.362 e. The molecule has 1 heteroatoms. The molecule has 1 heterocycles. The molecule has 0 saturated heterocycles. The lowest BCUT2D eigenvalue weighted by Crippen LogP contribution is -2.27. The van der Waals surface area contributed by atoms with Crippen molar-refractivity contribution in [2.45, 2.75) is 6.54 Å². The number of fused-ring (bicyclic) bond motifs is 2. The lowest BCUT2D eigenvalue weighted by Gasteiger charge is -2.32. The van der Waals surface area contributed by atoms with Crippen molar-refractivity contribution in [1.82, 2.24) is 0 Å². The van der Waals surface area contributed by atoms with Crippen LogP contribution in [0, 0.1) is 0 Å². The van der Waals surface area contributed by atoms with Gasteiger partial charge in [0, 0.05) is 18.8 Å². The van der Waals surface area contributed by atoms with E-state index in [-0.39, 0.29) is 0 Å². The van der Waals surface area contributed by atoms with Crippen LogP contribution in [0.5, 0.6) is 0 Å². The summed E-state index contributed by atoms with van der Waals surface area (Å²) < 4.78 is 0. The molecule has 4 aromatic carbocycles. The normalized spacial score (nSPS) is 13.3. The first-order valence-electron chi connectivity index (χ1n) is 9.45. The molecule has 0 amide bonds. The second-order valence-electron chi connectivity index (χ2n) is 7.10. The van der Waals surface area contributed by atoms with Gasteiger partial charge in [0.25, 0.3) is 0 Å². The summed E-state index contributed by atoms with van der Waals surface area (Å²) in [6.07, 6.45) is 2.36. The predicted octanol–water partition coefficient (Wildman–Crippen LogP) is 6.40. The third-order valence-corrected chi connectivity index (χ3v) is 5.32. The van der Waals surface area contributed by atoms with Crippen molar-refractivity contribution in [3.05, 3.63) is 114 Å². The highest BCUT2D eigenvalue weighted by Crippen LogP contribution is 2.35. The molecule has 4 aromatic rings. The zero-order valence-corrected chi connectivity index (χ0v) is 15.2. The summed E-state index contributed by atoms with van der Waals surface area (Å²) >= 11 is 0. The molecule has 1 aliphatic rings. The molecule has 0 atom stereocenters. The van der Waals surface area contributed by atoms with Gasteiger partial charge in [0.1, 0.15) is 0 Å². The minimum Gasteiger partial charge on any atom is -0.362 e. The van der Waals surface area contributed by atoms with E-state index >= 15 is 0 Å². The van der Waals surface area contributed by atoms with Gasteiger partial charge < -0.3 is 4.90 Å². The van der Waals surface area contributed by atoms with Crippen LogP contribution in [0.3, 0.4) is 0 Å². The number of anilines is 1. The van der Waals surface area contributed by atoms with Crippen molar-refractivity contribution >= 4 is 28.1 Å². The SMILES string of the molecule is C1=C(c2cccc3ccccc23)CN(Cc2ccccc2)c2ccccc21. The van der Waals surface area contributed by atoms with E-state index in [1.165, 1.54) is 38.7 Å². The maximum atomic E-state index is 2.49. The van der Waals surface area contributed by atoms with Crippen LogP contribution in [0.1, 0.15) is 16.7 Å². The van der Waals surface area contributed by atoms with Gasteiger partial charge in [-0.15, -0.1) is 0 Å². The Kier molecular flexibility index (Phi) is 3.99. The van der Waals surface area contributed by atoms with Crippen LogP contribution < -0.4 is 4.90 Å². The molecule has 5 rings (SSSR count). The zero-order chi connectivity index (χ0) is 18.1. The fraction of sp³-hybridized carbons (Fsp3) is 0.0769. The lowest BCUT2D eigenvalue weighted by molar-refractivity contribution is 0.869. The number of benzene rings is 4. The van der Waals surface area contributed by atoms with Gasteiger partial charge in [0.2, 0.25) is 0 Å². The quantitative estimate of drug-likeness (QED) is 0.414. The molecular weight excluding hydrogens is 326 g/mol. The van der Waals surface area contributed by atoms with Gasteiger partial charge in [-0.3, -0.25) is 0 Å². The van der Waals surface area contributed by atoms with E-state index in [0.29, 0.717) is 0 Å². The minimum atomic E-state index is 0.917. The molecule has 0 N–H and O–H groups in total. The Balaban J connectivity index is 1.61. The molecule has 0 saturated carbocycles. The predicted molar refractivity (Wildman–Crippen MR) is 116 cm³/mol. The van der Waals surface area contributed by atoms with Gasteiger partial charge in [-0.1, -0.05) is 91.0 Å². The van der Waals surface area contributed by atoms with E-state index in [2.05, 4.69) is 108 Å². The van der Waals surface area contributed by atoms with Crippen LogP contribution in [0.2, 0.25) is 0 Å². The topological polar surface area (TPSA) is 3.24 Å². The van der Waals surface area contributed by atoms with Gasteiger partial charge >= 0.3 is 0 Å². The van der Waals surface area contributed by atoms with E-state index in [9.17, 15) is 0 Å². The fourth-order valence-corrected chi connectivity index (χ4v) is 4.03. The summed E-state index contributed by atoms with van der Waals surface area (Å²) in [6, 6.07) is 34.7. The Labute approximate surface area is 160 Å². The van der Waals surface area contributed by atoms with E-state index in [0.717, 1.165) is 13.1 Å². The molecule has 27 heavy (non-hydrogen) atoms. The zero-order valence-electron chi connectivity index (χ0n) is 15.2. The Morgan fingerprint density at radius 3 is 2.33 bits per heavy atom. The molecule has 0 unspecified atom stereocenters. The van der Waals surface area contributed by atoms with E-state index in [4.69, 9.17) is 0 Å². The highest BCUT2D eigenvalue weighted by Gasteiger charge is 2.19. The molecule has 0 fully saturated rings. The second kappa shape index (κ2) is 6.77. The first-order chi connectivity index (χ1) is 13.4. The van der Waals surface area contributed by atoms with Crippen LogP contribution in [0.4, 0.5) is 5.69 Å². The first-order valence-corrected chi connectivity index (χ1v) is 9.45. The smallest absolute Gasteiger partial charge is 0.0445 e. The molecule has 1 aliphatic heterocycles. The Morgan fingerprint density at radius 1 is 0.667 bits per heavy atom. The average Bonchev–Trinajstić information content (AvgIpc) is 2.74. The molecule has 0 spiro atoms. The summed E-state index contributed by atoms with van der Waals surface area (Å²) in [7, 11) is 0. The molecular formula is C26H21N. The fourth-order valence-electron chi connectivity index (χ4n) is 4.03. The van der Waals surface area contributed by atoms with Crippen LogP contribution in [0.15, 0.2) is 97.1 Å². The number of hydrogen-bond acceptors (Lipinski definition) is 1.